The highest BCUT2D eigenvalue weighted by Crippen LogP contribution is 2.28. The zero-order valence-electron chi connectivity index (χ0n) is 16.7. The third kappa shape index (κ3) is 5.15. The molecule has 0 bridgehead atoms. The molecule has 10 heteroatoms. The van der Waals surface area contributed by atoms with Crippen molar-refractivity contribution in [2.24, 2.45) is 0 Å². The molecular formula is C21H19FN6OS2. The molecule has 2 aromatic carbocycles. The second-order valence-corrected chi connectivity index (χ2v) is 8.58. The lowest BCUT2D eigenvalue weighted by Crippen LogP contribution is -2.14. The van der Waals surface area contributed by atoms with Crippen LogP contribution in [0.1, 0.15) is 18.4 Å². The van der Waals surface area contributed by atoms with Gasteiger partial charge in [0.15, 0.2) is 11.0 Å². The summed E-state index contributed by atoms with van der Waals surface area (Å²) in [6, 6.07) is 15.7. The number of nitrogens with one attached hydrogen (secondary N) is 1. The Morgan fingerprint density at radius 3 is 2.58 bits per heavy atom. The number of aryl methyl sites for hydroxylation is 1. The van der Waals surface area contributed by atoms with Crippen molar-refractivity contribution in [2.75, 3.05) is 11.1 Å². The van der Waals surface area contributed by atoms with Crippen LogP contribution in [0.15, 0.2) is 59.8 Å². The number of anilines is 1. The van der Waals surface area contributed by atoms with E-state index >= 15 is 0 Å². The van der Waals surface area contributed by atoms with Crippen molar-refractivity contribution in [2.45, 2.75) is 24.9 Å². The van der Waals surface area contributed by atoms with Gasteiger partial charge in [-0.2, -0.15) is 0 Å². The normalized spacial score (nSPS) is 10.9. The summed E-state index contributed by atoms with van der Waals surface area (Å²) in [5.41, 5.74) is 1.58. The molecule has 0 aliphatic carbocycles. The van der Waals surface area contributed by atoms with E-state index in [4.69, 9.17) is 0 Å². The summed E-state index contributed by atoms with van der Waals surface area (Å²) in [6.07, 6.45) is 1.82. The first-order chi connectivity index (χ1) is 15.1. The van der Waals surface area contributed by atoms with Crippen LogP contribution in [0.2, 0.25) is 0 Å². The number of nitrogens with zero attached hydrogens (tertiary/aromatic N) is 5. The van der Waals surface area contributed by atoms with E-state index in [0.29, 0.717) is 16.1 Å². The number of carbonyl (C=O) groups excluding carboxylic acids is 1. The van der Waals surface area contributed by atoms with E-state index in [-0.39, 0.29) is 17.5 Å². The fourth-order valence-electron chi connectivity index (χ4n) is 2.86. The van der Waals surface area contributed by atoms with Crippen molar-refractivity contribution in [1.29, 1.82) is 0 Å². The Hall–Kier alpha value is -3.11. The average molecular weight is 455 g/mol. The standard InChI is InChI=1S/C21H19FN6OS2/c1-2-6-18-24-26-20(31-18)23-17(29)13-30-21-27-25-19(14-9-11-15(22)12-10-14)28(21)16-7-4-3-5-8-16/h3-5,7-12H,2,6,13H2,1H3,(H,23,26,29). The molecular weight excluding hydrogens is 435 g/mol. The highest BCUT2D eigenvalue weighted by atomic mass is 32.2. The van der Waals surface area contributed by atoms with E-state index in [0.717, 1.165) is 29.1 Å². The van der Waals surface area contributed by atoms with Gasteiger partial charge in [0.2, 0.25) is 11.0 Å². The van der Waals surface area contributed by atoms with Crippen molar-refractivity contribution < 1.29 is 9.18 Å². The van der Waals surface area contributed by atoms with Gasteiger partial charge in [-0.1, -0.05) is 48.2 Å². The molecule has 0 saturated heterocycles. The van der Waals surface area contributed by atoms with Gasteiger partial charge in [0, 0.05) is 17.7 Å². The molecule has 158 valence electrons. The summed E-state index contributed by atoms with van der Waals surface area (Å²) < 4.78 is 15.2. The highest BCUT2D eigenvalue weighted by Gasteiger charge is 2.18. The highest BCUT2D eigenvalue weighted by molar-refractivity contribution is 7.99. The van der Waals surface area contributed by atoms with Crippen LogP contribution in [-0.2, 0) is 11.2 Å². The molecule has 0 aliphatic rings. The maximum absolute atomic E-state index is 13.4. The van der Waals surface area contributed by atoms with Crippen LogP contribution in [0, 0.1) is 5.82 Å². The number of thioether (sulfide) groups is 1. The number of carbonyl (C=O) groups is 1. The summed E-state index contributed by atoms with van der Waals surface area (Å²) in [5, 5.41) is 21.4. The number of para-hydroxylation sites is 1. The Morgan fingerprint density at radius 1 is 1.06 bits per heavy atom. The maximum atomic E-state index is 13.4. The van der Waals surface area contributed by atoms with Crippen molar-refractivity contribution in [1.82, 2.24) is 25.0 Å². The fraction of sp³-hybridized carbons (Fsp3) is 0.190. The Balaban J connectivity index is 1.53. The topological polar surface area (TPSA) is 85.6 Å². The first kappa shape index (κ1) is 21.1. The van der Waals surface area contributed by atoms with Crippen LogP contribution in [-0.4, -0.2) is 36.6 Å². The predicted octanol–water partition coefficient (Wildman–Crippen LogP) is 4.61. The Bertz CT molecular complexity index is 1160. The van der Waals surface area contributed by atoms with E-state index in [1.807, 2.05) is 34.9 Å². The van der Waals surface area contributed by atoms with Crippen LogP contribution >= 0.6 is 23.1 Å². The number of aromatic nitrogens is 5. The largest absolute Gasteiger partial charge is 0.300 e. The molecule has 0 fully saturated rings. The van der Waals surface area contributed by atoms with Crippen LogP contribution < -0.4 is 5.32 Å². The summed E-state index contributed by atoms with van der Waals surface area (Å²) in [7, 11) is 0. The second kappa shape index (κ2) is 9.80. The van der Waals surface area contributed by atoms with Gasteiger partial charge < -0.3 is 0 Å². The van der Waals surface area contributed by atoms with Gasteiger partial charge >= 0.3 is 0 Å². The van der Waals surface area contributed by atoms with Crippen molar-refractivity contribution in [3.8, 4) is 17.1 Å². The van der Waals surface area contributed by atoms with Gasteiger partial charge in [0.05, 0.1) is 5.75 Å². The average Bonchev–Trinajstić information content (AvgIpc) is 3.40. The minimum Gasteiger partial charge on any atom is -0.300 e. The number of amides is 1. The molecule has 0 aliphatic heterocycles. The van der Waals surface area contributed by atoms with Gasteiger partial charge in [-0.15, -0.1) is 20.4 Å². The minimum absolute atomic E-state index is 0.136. The lowest BCUT2D eigenvalue weighted by atomic mass is 10.2. The number of hydrogen-bond donors (Lipinski definition) is 1. The quantitative estimate of drug-likeness (QED) is 0.392. The summed E-state index contributed by atoms with van der Waals surface area (Å²) >= 11 is 2.65. The predicted molar refractivity (Wildman–Crippen MR) is 120 cm³/mol. The van der Waals surface area contributed by atoms with Crippen molar-refractivity contribution >= 4 is 34.1 Å². The molecule has 0 unspecified atom stereocenters. The Labute approximate surface area is 186 Å². The van der Waals surface area contributed by atoms with Crippen molar-refractivity contribution in [3.05, 3.63) is 65.4 Å². The fourth-order valence-corrected chi connectivity index (χ4v) is 4.47. The molecule has 0 spiro atoms. The molecule has 0 radical (unpaired) electrons. The van der Waals surface area contributed by atoms with Crippen LogP contribution in [0.4, 0.5) is 9.52 Å². The van der Waals surface area contributed by atoms with E-state index in [2.05, 4.69) is 32.6 Å². The van der Waals surface area contributed by atoms with Crippen molar-refractivity contribution in [3.63, 3.8) is 0 Å². The van der Waals surface area contributed by atoms with E-state index < -0.39 is 0 Å². The molecule has 0 saturated carbocycles. The van der Waals surface area contributed by atoms with Gasteiger partial charge in [0.25, 0.3) is 0 Å². The minimum atomic E-state index is -0.320. The second-order valence-electron chi connectivity index (χ2n) is 6.57. The first-order valence-electron chi connectivity index (χ1n) is 9.66. The maximum Gasteiger partial charge on any atom is 0.236 e. The molecule has 7 nitrogen and oxygen atoms in total. The monoisotopic (exact) mass is 454 g/mol. The molecule has 4 rings (SSSR count). The lowest BCUT2D eigenvalue weighted by Gasteiger charge is -2.10. The van der Waals surface area contributed by atoms with Gasteiger partial charge in [-0.3, -0.25) is 14.7 Å². The van der Waals surface area contributed by atoms with E-state index in [1.165, 1.54) is 35.2 Å². The first-order valence-corrected chi connectivity index (χ1v) is 11.5. The van der Waals surface area contributed by atoms with Gasteiger partial charge in [-0.05, 0) is 42.8 Å². The summed E-state index contributed by atoms with van der Waals surface area (Å²) in [6.45, 7) is 2.07. The van der Waals surface area contributed by atoms with Crippen LogP contribution in [0.3, 0.4) is 0 Å². The zero-order valence-corrected chi connectivity index (χ0v) is 18.3. The molecule has 2 aromatic heterocycles. The van der Waals surface area contributed by atoms with E-state index in [1.54, 1.807) is 12.1 Å². The van der Waals surface area contributed by atoms with Gasteiger partial charge in [0.1, 0.15) is 10.8 Å². The Morgan fingerprint density at radius 2 is 1.84 bits per heavy atom. The zero-order chi connectivity index (χ0) is 21.6. The Kier molecular flexibility index (Phi) is 6.68. The van der Waals surface area contributed by atoms with Crippen LogP contribution in [0.25, 0.3) is 17.1 Å². The van der Waals surface area contributed by atoms with Gasteiger partial charge in [-0.25, -0.2) is 4.39 Å². The molecule has 0 atom stereocenters. The van der Waals surface area contributed by atoms with Crippen LogP contribution in [0.5, 0.6) is 0 Å². The van der Waals surface area contributed by atoms with E-state index in [9.17, 15) is 9.18 Å². The number of hydrogen-bond acceptors (Lipinski definition) is 7. The molecule has 31 heavy (non-hydrogen) atoms. The summed E-state index contributed by atoms with van der Waals surface area (Å²) in [4.78, 5) is 12.4. The summed E-state index contributed by atoms with van der Waals surface area (Å²) in [5.74, 6) is 0.189. The molecule has 4 aromatic rings. The third-order valence-corrected chi connectivity index (χ3v) is 6.09. The number of halogens is 1. The SMILES string of the molecule is CCCc1nnc(NC(=O)CSc2nnc(-c3ccc(F)cc3)n2-c2ccccc2)s1. The smallest absolute Gasteiger partial charge is 0.236 e. The molecule has 2 heterocycles. The third-order valence-electron chi connectivity index (χ3n) is 4.26. The number of benzene rings is 2. The number of rotatable bonds is 8. The lowest BCUT2D eigenvalue weighted by molar-refractivity contribution is -0.113. The molecule has 1 N–H and O–H groups in total. The molecule has 1 amide bonds.